The molecule has 0 aliphatic carbocycles. The Morgan fingerprint density at radius 2 is 2.05 bits per heavy atom. The van der Waals surface area contributed by atoms with E-state index in [4.69, 9.17) is 25.8 Å². The molecule has 0 atom stereocenters. The van der Waals surface area contributed by atoms with E-state index in [-0.39, 0.29) is 6.10 Å². The minimum absolute atomic E-state index is 0.143. The average molecular weight is 314 g/mol. The highest BCUT2D eigenvalue weighted by Gasteiger charge is 2.20. The molecule has 1 heterocycles. The molecule has 5 heteroatoms. The van der Waals surface area contributed by atoms with E-state index in [2.05, 4.69) is 19.2 Å². The van der Waals surface area contributed by atoms with Crippen LogP contribution in [0.5, 0.6) is 11.5 Å². The molecule has 21 heavy (non-hydrogen) atoms. The van der Waals surface area contributed by atoms with Gasteiger partial charge < -0.3 is 19.5 Å². The molecule has 1 aliphatic rings. The van der Waals surface area contributed by atoms with Crippen LogP contribution in [-0.2, 0) is 11.3 Å². The van der Waals surface area contributed by atoms with E-state index < -0.39 is 0 Å². The number of hydrogen-bond acceptors (Lipinski definition) is 4. The lowest BCUT2D eigenvalue weighted by atomic mass is 10.1. The lowest BCUT2D eigenvalue weighted by molar-refractivity contribution is 0.0246. The maximum absolute atomic E-state index is 6.38. The first-order chi connectivity index (χ1) is 10.1. The van der Waals surface area contributed by atoms with Gasteiger partial charge in [0.2, 0.25) is 0 Å². The van der Waals surface area contributed by atoms with Gasteiger partial charge >= 0.3 is 0 Å². The minimum Gasteiger partial charge on any atom is -0.493 e. The number of rotatable bonds is 6. The molecule has 118 valence electrons. The van der Waals surface area contributed by atoms with Crippen molar-refractivity contribution in [3.05, 3.63) is 22.7 Å². The first-order valence-electron chi connectivity index (χ1n) is 7.44. The van der Waals surface area contributed by atoms with Crippen molar-refractivity contribution < 1.29 is 14.2 Å². The summed E-state index contributed by atoms with van der Waals surface area (Å²) in [6.07, 6.45) is 1.91. The Kier molecular flexibility index (Phi) is 6.15. The fraction of sp³-hybridized carbons (Fsp3) is 0.625. The van der Waals surface area contributed by atoms with Crippen LogP contribution in [0.15, 0.2) is 12.1 Å². The Labute approximate surface area is 131 Å². The Balaban J connectivity index is 2.12. The number of benzene rings is 1. The SMILES string of the molecule is COc1cc(CNC(C)C)cc(Cl)c1OC1CCOCC1. The van der Waals surface area contributed by atoms with E-state index in [1.54, 1.807) is 7.11 Å². The van der Waals surface area contributed by atoms with Crippen molar-refractivity contribution in [2.24, 2.45) is 0 Å². The van der Waals surface area contributed by atoms with Gasteiger partial charge in [-0.15, -0.1) is 0 Å². The molecule has 1 aromatic rings. The molecule has 0 aromatic heterocycles. The first-order valence-corrected chi connectivity index (χ1v) is 7.82. The van der Waals surface area contributed by atoms with Crippen molar-refractivity contribution in [3.8, 4) is 11.5 Å². The molecule has 0 amide bonds. The van der Waals surface area contributed by atoms with Gasteiger partial charge in [0.05, 0.1) is 25.3 Å². The van der Waals surface area contributed by atoms with Crippen LogP contribution in [0.25, 0.3) is 0 Å². The molecule has 2 rings (SSSR count). The summed E-state index contributed by atoms with van der Waals surface area (Å²) in [5.74, 6) is 1.33. The van der Waals surface area contributed by atoms with Crippen molar-refractivity contribution in [2.75, 3.05) is 20.3 Å². The number of nitrogens with one attached hydrogen (secondary N) is 1. The van der Waals surface area contributed by atoms with Crippen LogP contribution in [0.4, 0.5) is 0 Å². The number of halogens is 1. The molecule has 1 saturated heterocycles. The highest BCUT2D eigenvalue weighted by atomic mass is 35.5. The maximum atomic E-state index is 6.38. The molecule has 1 N–H and O–H groups in total. The van der Waals surface area contributed by atoms with Crippen molar-refractivity contribution in [3.63, 3.8) is 0 Å². The molecule has 1 fully saturated rings. The van der Waals surface area contributed by atoms with Gasteiger partial charge in [0, 0.05) is 25.4 Å². The molecule has 1 aliphatic heterocycles. The van der Waals surface area contributed by atoms with Crippen LogP contribution in [0.1, 0.15) is 32.3 Å². The van der Waals surface area contributed by atoms with E-state index in [9.17, 15) is 0 Å². The molecule has 0 unspecified atom stereocenters. The number of hydrogen-bond donors (Lipinski definition) is 1. The molecule has 0 saturated carbocycles. The third-order valence-corrected chi connectivity index (χ3v) is 3.74. The van der Waals surface area contributed by atoms with E-state index >= 15 is 0 Å². The second-order valence-corrected chi connectivity index (χ2v) is 5.98. The standard InChI is InChI=1S/C16H24ClNO3/c1-11(2)18-10-12-8-14(17)16(15(9-12)19-3)21-13-4-6-20-7-5-13/h8-9,11,13,18H,4-7,10H2,1-3H3. The topological polar surface area (TPSA) is 39.7 Å². The largest absolute Gasteiger partial charge is 0.493 e. The lowest BCUT2D eigenvalue weighted by Crippen LogP contribution is -2.26. The Morgan fingerprint density at radius 3 is 2.67 bits per heavy atom. The monoisotopic (exact) mass is 313 g/mol. The predicted molar refractivity (Wildman–Crippen MR) is 84.4 cm³/mol. The average Bonchev–Trinajstić information content (AvgIpc) is 2.48. The normalized spacial score (nSPS) is 16.2. The van der Waals surface area contributed by atoms with Crippen LogP contribution in [0.3, 0.4) is 0 Å². The number of ether oxygens (including phenoxy) is 3. The summed E-state index contributed by atoms with van der Waals surface area (Å²) >= 11 is 6.38. The van der Waals surface area contributed by atoms with Crippen LogP contribution in [0, 0.1) is 0 Å². The zero-order valence-corrected chi connectivity index (χ0v) is 13.7. The van der Waals surface area contributed by atoms with Gasteiger partial charge in [-0.3, -0.25) is 0 Å². The van der Waals surface area contributed by atoms with Crippen molar-refractivity contribution >= 4 is 11.6 Å². The Bertz CT molecular complexity index is 459. The van der Waals surface area contributed by atoms with Crippen molar-refractivity contribution in [2.45, 2.75) is 45.4 Å². The van der Waals surface area contributed by atoms with Gasteiger partial charge in [-0.05, 0) is 17.7 Å². The van der Waals surface area contributed by atoms with Gasteiger partial charge in [-0.2, -0.15) is 0 Å². The van der Waals surface area contributed by atoms with E-state index in [0.717, 1.165) is 38.2 Å². The maximum Gasteiger partial charge on any atom is 0.180 e. The predicted octanol–water partition coefficient (Wildman–Crippen LogP) is 3.40. The van der Waals surface area contributed by atoms with E-state index in [1.807, 2.05) is 12.1 Å². The number of methoxy groups -OCH3 is 1. The summed E-state index contributed by atoms with van der Waals surface area (Å²) < 4.78 is 16.8. The molecule has 0 spiro atoms. The van der Waals surface area contributed by atoms with E-state index in [1.165, 1.54) is 0 Å². The van der Waals surface area contributed by atoms with Crippen LogP contribution < -0.4 is 14.8 Å². The molecule has 1 aromatic carbocycles. The van der Waals surface area contributed by atoms with E-state index in [0.29, 0.717) is 22.6 Å². The first kappa shape index (κ1) is 16.4. The van der Waals surface area contributed by atoms with Gasteiger partial charge in [0.1, 0.15) is 6.10 Å². The van der Waals surface area contributed by atoms with Crippen LogP contribution >= 0.6 is 11.6 Å². The van der Waals surface area contributed by atoms with Crippen molar-refractivity contribution in [1.29, 1.82) is 0 Å². The van der Waals surface area contributed by atoms with Crippen molar-refractivity contribution in [1.82, 2.24) is 5.32 Å². The van der Waals surface area contributed by atoms with Crippen LogP contribution in [0.2, 0.25) is 5.02 Å². The van der Waals surface area contributed by atoms with Crippen LogP contribution in [-0.4, -0.2) is 32.5 Å². The summed E-state index contributed by atoms with van der Waals surface area (Å²) in [4.78, 5) is 0. The van der Waals surface area contributed by atoms with Gasteiger partial charge in [-0.1, -0.05) is 25.4 Å². The molecular weight excluding hydrogens is 290 g/mol. The zero-order chi connectivity index (χ0) is 15.2. The second-order valence-electron chi connectivity index (χ2n) is 5.57. The molecule has 4 nitrogen and oxygen atoms in total. The third-order valence-electron chi connectivity index (χ3n) is 3.46. The fourth-order valence-electron chi connectivity index (χ4n) is 2.27. The Hall–Kier alpha value is -0.970. The van der Waals surface area contributed by atoms with Gasteiger partial charge in [-0.25, -0.2) is 0 Å². The quantitative estimate of drug-likeness (QED) is 0.873. The summed E-state index contributed by atoms with van der Waals surface area (Å²) in [5, 5.41) is 3.97. The third kappa shape index (κ3) is 4.77. The van der Waals surface area contributed by atoms with Gasteiger partial charge in [0.15, 0.2) is 11.5 Å². The molecule has 0 radical (unpaired) electrons. The summed E-state index contributed by atoms with van der Waals surface area (Å²) in [6, 6.07) is 4.34. The molecule has 0 bridgehead atoms. The minimum atomic E-state index is 0.143. The summed E-state index contributed by atoms with van der Waals surface area (Å²) in [7, 11) is 1.64. The lowest BCUT2D eigenvalue weighted by Gasteiger charge is -2.25. The molecular formula is C16H24ClNO3. The highest BCUT2D eigenvalue weighted by Crippen LogP contribution is 2.38. The smallest absolute Gasteiger partial charge is 0.180 e. The summed E-state index contributed by atoms with van der Waals surface area (Å²) in [5.41, 5.74) is 1.09. The second kappa shape index (κ2) is 7.87. The zero-order valence-electron chi connectivity index (χ0n) is 12.9. The fourth-order valence-corrected chi connectivity index (χ4v) is 2.55. The highest BCUT2D eigenvalue weighted by molar-refractivity contribution is 6.32. The summed E-state index contributed by atoms with van der Waals surface area (Å²) in [6.45, 7) is 6.45. The van der Waals surface area contributed by atoms with Gasteiger partial charge in [0.25, 0.3) is 0 Å². The Morgan fingerprint density at radius 1 is 1.33 bits per heavy atom.